The molecule has 268 valence electrons. The Labute approximate surface area is 300 Å². The van der Waals surface area contributed by atoms with Crippen LogP contribution in [0.5, 0.6) is 17.2 Å². The molecule has 0 aromatic heterocycles. The van der Waals surface area contributed by atoms with E-state index >= 15 is 0 Å². The molecule has 0 aliphatic rings. The van der Waals surface area contributed by atoms with E-state index in [4.69, 9.17) is 18.9 Å². The highest BCUT2D eigenvalue weighted by Gasteiger charge is 2.20. The SMILES string of the molecule is COC(=O)c1ccc(CN(C(=O)Oc2ccc([N+](=O)[O-])cc2)c2cccc(OC)c2)cc1.COC(=O)c1ccc(CNc2cccc(OC)c2)cc1. The second-order valence-electron chi connectivity index (χ2n) is 10.9. The van der Waals surface area contributed by atoms with Gasteiger partial charge in [0.05, 0.1) is 56.7 Å². The number of benzene rings is 5. The monoisotopic (exact) mass is 707 g/mol. The minimum atomic E-state index is -0.691. The molecule has 13 heteroatoms. The van der Waals surface area contributed by atoms with Crippen molar-refractivity contribution in [3.05, 3.63) is 154 Å². The molecule has 0 atom stereocenters. The molecule has 0 saturated heterocycles. The van der Waals surface area contributed by atoms with E-state index in [1.807, 2.05) is 36.4 Å². The van der Waals surface area contributed by atoms with Crippen LogP contribution in [0.15, 0.2) is 121 Å². The maximum Gasteiger partial charge on any atom is 0.420 e. The second-order valence-corrected chi connectivity index (χ2v) is 10.9. The fourth-order valence-corrected chi connectivity index (χ4v) is 4.69. The smallest absolute Gasteiger partial charge is 0.420 e. The first-order chi connectivity index (χ1) is 25.1. The molecule has 5 rings (SSSR count). The molecular weight excluding hydrogens is 670 g/mol. The van der Waals surface area contributed by atoms with E-state index in [-0.39, 0.29) is 24.0 Å². The maximum absolute atomic E-state index is 13.0. The number of rotatable bonds is 12. The van der Waals surface area contributed by atoms with Crippen LogP contribution in [0.1, 0.15) is 31.8 Å². The zero-order chi connectivity index (χ0) is 37.5. The molecule has 0 spiro atoms. The van der Waals surface area contributed by atoms with Gasteiger partial charge in [0.15, 0.2) is 0 Å². The van der Waals surface area contributed by atoms with Crippen molar-refractivity contribution in [3.8, 4) is 17.2 Å². The Morgan fingerprint density at radius 3 is 1.73 bits per heavy atom. The topological polar surface area (TPSA) is 156 Å². The van der Waals surface area contributed by atoms with Crippen molar-refractivity contribution in [1.82, 2.24) is 0 Å². The van der Waals surface area contributed by atoms with Gasteiger partial charge in [-0.05, 0) is 71.8 Å². The van der Waals surface area contributed by atoms with Crippen LogP contribution < -0.4 is 24.4 Å². The maximum atomic E-state index is 13.0. The number of nitro groups is 1. The van der Waals surface area contributed by atoms with Gasteiger partial charge >= 0.3 is 18.0 Å². The number of nitro benzene ring substituents is 1. The highest BCUT2D eigenvalue weighted by Crippen LogP contribution is 2.26. The molecule has 52 heavy (non-hydrogen) atoms. The number of esters is 2. The summed E-state index contributed by atoms with van der Waals surface area (Å²) in [5.74, 6) is 0.748. The second kappa shape index (κ2) is 18.8. The van der Waals surface area contributed by atoms with Crippen molar-refractivity contribution in [1.29, 1.82) is 0 Å². The van der Waals surface area contributed by atoms with Crippen LogP contribution in [0.3, 0.4) is 0 Å². The Balaban J connectivity index is 0.000000259. The molecule has 0 aliphatic carbocycles. The summed E-state index contributed by atoms with van der Waals surface area (Å²) < 4.78 is 25.2. The molecule has 13 nitrogen and oxygen atoms in total. The van der Waals surface area contributed by atoms with Crippen LogP contribution in [0.2, 0.25) is 0 Å². The lowest BCUT2D eigenvalue weighted by molar-refractivity contribution is -0.384. The van der Waals surface area contributed by atoms with Crippen LogP contribution in [0.25, 0.3) is 0 Å². The van der Waals surface area contributed by atoms with Gasteiger partial charge in [-0.15, -0.1) is 0 Å². The van der Waals surface area contributed by atoms with E-state index in [2.05, 4.69) is 10.1 Å². The third-order valence-electron chi connectivity index (χ3n) is 7.50. The first-order valence-electron chi connectivity index (χ1n) is 15.7. The molecule has 0 bridgehead atoms. The summed E-state index contributed by atoms with van der Waals surface area (Å²) in [6.07, 6.45) is -0.691. The van der Waals surface area contributed by atoms with Gasteiger partial charge in [-0.3, -0.25) is 15.0 Å². The molecule has 0 radical (unpaired) electrons. The fourth-order valence-electron chi connectivity index (χ4n) is 4.69. The van der Waals surface area contributed by atoms with Gasteiger partial charge in [0, 0.05) is 36.5 Å². The van der Waals surface area contributed by atoms with Gasteiger partial charge < -0.3 is 29.0 Å². The standard InChI is InChI=1S/C23H20N2O7.C16H17NO3/c1-30-21-5-3-4-19(14-21)24(15-16-6-8-17(9-7-16)22(26)31-2)23(27)32-20-12-10-18(11-13-20)25(28)29;1-19-15-5-3-4-14(10-15)17-11-12-6-8-13(9-7-12)16(18)20-2/h3-14H,15H2,1-2H3;3-10,17H,11H2,1-2H3. The summed E-state index contributed by atoms with van der Waals surface area (Å²) in [4.78, 5) is 47.7. The number of carbonyl (C=O) groups excluding carboxylic acids is 3. The molecule has 5 aromatic carbocycles. The summed E-state index contributed by atoms with van der Waals surface area (Å²) in [5, 5.41) is 14.1. The summed E-state index contributed by atoms with van der Waals surface area (Å²) in [5.41, 5.74) is 4.16. The molecule has 0 heterocycles. The van der Waals surface area contributed by atoms with E-state index in [0.717, 1.165) is 22.6 Å². The molecule has 0 aliphatic heterocycles. The Bertz CT molecular complexity index is 1960. The van der Waals surface area contributed by atoms with Gasteiger partial charge in [0.25, 0.3) is 5.69 Å². The van der Waals surface area contributed by atoms with Crippen LogP contribution in [0, 0.1) is 10.1 Å². The van der Waals surface area contributed by atoms with Crippen molar-refractivity contribution < 1.29 is 43.0 Å². The van der Waals surface area contributed by atoms with E-state index in [1.165, 1.54) is 50.5 Å². The van der Waals surface area contributed by atoms with Gasteiger partial charge in [-0.1, -0.05) is 36.4 Å². The minimum absolute atomic E-state index is 0.111. The molecule has 1 amide bonds. The van der Waals surface area contributed by atoms with Gasteiger partial charge in [0.1, 0.15) is 17.2 Å². The van der Waals surface area contributed by atoms with Crippen molar-refractivity contribution in [2.45, 2.75) is 13.1 Å². The Kier molecular flexibility index (Phi) is 13.7. The normalized spacial score (nSPS) is 10.1. The number of non-ortho nitro benzene ring substituents is 1. The van der Waals surface area contributed by atoms with Crippen molar-refractivity contribution in [3.63, 3.8) is 0 Å². The zero-order valence-corrected chi connectivity index (χ0v) is 28.9. The van der Waals surface area contributed by atoms with E-state index in [9.17, 15) is 24.5 Å². The average Bonchev–Trinajstić information content (AvgIpc) is 3.19. The van der Waals surface area contributed by atoms with Crippen molar-refractivity contribution in [2.75, 3.05) is 38.7 Å². The van der Waals surface area contributed by atoms with Crippen molar-refractivity contribution >= 4 is 35.1 Å². The predicted octanol–water partition coefficient (Wildman–Crippen LogP) is 7.69. The Morgan fingerprint density at radius 1 is 0.654 bits per heavy atom. The Hall–Kier alpha value is -6.89. The average molecular weight is 708 g/mol. The molecular formula is C39H37N3O10. The van der Waals surface area contributed by atoms with Crippen LogP contribution >= 0.6 is 0 Å². The number of hydrogen-bond donors (Lipinski definition) is 1. The van der Waals surface area contributed by atoms with E-state index in [1.54, 1.807) is 67.8 Å². The molecule has 0 fully saturated rings. The first-order valence-corrected chi connectivity index (χ1v) is 15.7. The van der Waals surface area contributed by atoms with Crippen LogP contribution in [-0.2, 0) is 22.6 Å². The third kappa shape index (κ3) is 10.8. The van der Waals surface area contributed by atoms with E-state index in [0.29, 0.717) is 29.1 Å². The quantitative estimate of drug-likeness (QED) is 0.0771. The zero-order valence-electron chi connectivity index (χ0n) is 28.9. The molecule has 5 aromatic rings. The van der Waals surface area contributed by atoms with E-state index < -0.39 is 17.0 Å². The van der Waals surface area contributed by atoms with Crippen LogP contribution in [0.4, 0.5) is 21.9 Å². The predicted molar refractivity (Wildman–Crippen MR) is 194 cm³/mol. The lowest BCUT2D eigenvalue weighted by atomic mass is 10.1. The van der Waals surface area contributed by atoms with Crippen LogP contribution in [-0.4, -0.2) is 51.4 Å². The lowest BCUT2D eigenvalue weighted by Crippen LogP contribution is -2.33. The summed E-state index contributed by atoms with van der Waals surface area (Å²) in [7, 11) is 5.84. The molecule has 0 unspecified atom stereocenters. The van der Waals surface area contributed by atoms with Gasteiger partial charge in [-0.25, -0.2) is 14.4 Å². The summed E-state index contributed by atoms with van der Waals surface area (Å²) >= 11 is 0. The first kappa shape index (κ1) is 37.9. The minimum Gasteiger partial charge on any atom is -0.497 e. The number of carbonyl (C=O) groups is 3. The number of hydrogen-bond acceptors (Lipinski definition) is 11. The number of nitrogens with one attached hydrogen (secondary N) is 1. The summed E-state index contributed by atoms with van der Waals surface area (Å²) in [6, 6.07) is 33.8. The Morgan fingerprint density at radius 2 is 1.19 bits per heavy atom. The summed E-state index contributed by atoms with van der Waals surface area (Å²) in [6.45, 7) is 0.815. The molecule has 0 saturated carbocycles. The lowest BCUT2D eigenvalue weighted by Gasteiger charge is -2.23. The molecule has 1 N–H and O–H groups in total. The highest BCUT2D eigenvalue weighted by atomic mass is 16.6. The number of ether oxygens (including phenoxy) is 5. The number of amides is 1. The highest BCUT2D eigenvalue weighted by molar-refractivity contribution is 5.91. The van der Waals surface area contributed by atoms with Crippen molar-refractivity contribution in [2.24, 2.45) is 0 Å². The number of methoxy groups -OCH3 is 4. The number of nitrogens with zero attached hydrogens (tertiary/aromatic N) is 2. The number of anilines is 2. The van der Waals surface area contributed by atoms with Gasteiger partial charge in [0.2, 0.25) is 0 Å². The fraction of sp³-hybridized carbons (Fsp3) is 0.154. The third-order valence-corrected chi connectivity index (χ3v) is 7.50. The van der Waals surface area contributed by atoms with Gasteiger partial charge in [-0.2, -0.15) is 0 Å². The largest absolute Gasteiger partial charge is 0.497 e.